The van der Waals surface area contributed by atoms with Gasteiger partial charge in [-0.15, -0.1) is 22.9 Å². The molecular formula is C23H23ClN6O13S2. The van der Waals surface area contributed by atoms with Gasteiger partial charge in [0, 0.05) is 17.5 Å². The number of aromatic nitrogens is 1. The number of methoxy groups -OCH3 is 1. The SMILES string of the molecule is COC(=O)[C@H]1[C@@H](NC(=O)/C(=N\OC(C)(C)C(=O)OCc2ccc([N+](=O)[O-])cc2)c2csc(NC(=O)CCl)n2)C(=O)N1S(=O)(=O)O. The molecule has 1 aliphatic rings. The second kappa shape index (κ2) is 13.9. The largest absolute Gasteiger partial charge is 0.467 e. The summed E-state index contributed by atoms with van der Waals surface area (Å²) in [5, 5.41) is 20.2. The van der Waals surface area contributed by atoms with Crippen molar-refractivity contribution >= 4 is 79.4 Å². The van der Waals surface area contributed by atoms with Crippen molar-refractivity contribution in [2.45, 2.75) is 38.1 Å². The van der Waals surface area contributed by atoms with E-state index in [1.807, 2.05) is 0 Å². The third-order valence-electron chi connectivity index (χ3n) is 5.73. The Morgan fingerprint density at radius 3 is 2.44 bits per heavy atom. The number of alkyl halides is 1. The maximum atomic E-state index is 13.3. The van der Waals surface area contributed by atoms with Crippen molar-refractivity contribution in [2.75, 3.05) is 18.3 Å². The smallest absolute Gasteiger partial charge is 0.363 e. The predicted octanol–water partition coefficient (Wildman–Crippen LogP) is 0.143. The second-order valence-electron chi connectivity index (χ2n) is 9.29. The van der Waals surface area contributed by atoms with Crippen molar-refractivity contribution < 1.29 is 56.2 Å². The number of nitrogens with zero attached hydrogens (tertiary/aromatic N) is 4. The topological polar surface area (TPSA) is 263 Å². The van der Waals surface area contributed by atoms with Gasteiger partial charge in [0.15, 0.2) is 16.9 Å². The summed E-state index contributed by atoms with van der Waals surface area (Å²) in [5.74, 6) is -5.97. The molecule has 1 aliphatic heterocycles. The van der Waals surface area contributed by atoms with Crippen LogP contribution >= 0.6 is 22.9 Å². The molecule has 2 atom stereocenters. The Kier molecular flexibility index (Phi) is 10.8. The number of halogens is 1. The summed E-state index contributed by atoms with van der Waals surface area (Å²) in [6.07, 6.45) is 0. The zero-order chi connectivity index (χ0) is 33.7. The van der Waals surface area contributed by atoms with E-state index >= 15 is 0 Å². The van der Waals surface area contributed by atoms with Gasteiger partial charge in [0.2, 0.25) is 11.5 Å². The molecule has 0 unspecified atom stereocenters. The third kappa shape index (κ3) is 8.26. The van der Waals surface area contributed by atoms with Gasteiger partial charge < -0.3 is 24.9 Å². The molecular weight excluding hydrogens is 668 g/mol. The molecule has 1 saturated heterocycles. The Balaban J connectivity index is 1.85. The van der Waals surface area contributed by atoms with Crippen LogP contribution in [-0.2, 0) is 55.2 Å². The number of esters is 2. The van der Waals surface area contributed by atoms with Crippen molar-refractivity contribution in [1.29, 1.82) is 0 Å². The number of β-lactam (4-membered cyclic amide) rings is 1. The minimum absolute atomic E-state index is 0.0392. The highest BCUT2D eigenvalue weighted by atomic mass is 35.5. The first kappa shape index (κ1) is 34.8. The lowest BCUT2D eigenvalue weighted by atomic mass is 9.98. The number of nitro benzene ring substituents is 1. The lowest BCUT2D eigenvalue weighted by molar-refractivity contribution is -0.384. The summed E-state index contributed by atoms with van der Waals surface area (Å²) in [5.41, 5.74) is -2.60. The van der Waals surface area contributed by atoms with E-state index < -0.39 is 74.2 Å². The Morgan fingerprint density at radius 1 is 1.24 bits per heavy atom. The fourth-order valence-corrected chi connectivity index (χ4v) is 5.07. The molecule has 3 N–H and O–H groups in total. The average molecular weight is 691 g/mol. The van der Waals surface area contributed by atoms with Crippen molar-refractivity contribution in [3.8, 4) is 0 Å². The van der Waals surface area contributed by atoms with E-state index in [2.05, 4.69) is 25.5 Å². The summed E-state index contributed by atoms with van der Waals surface area (Å²) >= 11 is 6.30. The van der Waals surface area contributed by atoms with Gasteiger partial charge in [0.25, 0.3) is 17.5 Å². The molecule has 19 nitrogen and oxygen atoms in total. The highest BCUT2D eigenvalue weighted by Crippen LogP contribution is 2.25. The second-order valence-corrected chi connectivity index (χ2v) is 11.7. The molecule has 0 bridgehead atoms. The number of nitro groups is 1. The number of amides is 3. The number of carbonyl (C=O) groups excluding carboxylic acids is 5. The average Bonchev–Trinajstić information content (AvgIpc) is 3.43. The summed E-state index contributed by atoms with van der Waals surface area (Å²) in [7, 11) is -4.33. The molecule has 1 fully saturated rings. The molecule has 45 heavy (non-hydrogen) atoms. The van der Waals surface area contributed by atoms with Crippen LogP contribution in [-0.4, -0.2) is 93.2 Å². The number of hydrogen-bond acceptors (Lipinski definition) is 15. The van der Waals surface area contributed by atoms with Gasteiger partial charge in [0.05, 0.1) is 12.0 Å². The van der Waals surface area contributed by atoms with Crippen LogP contribution in [0.4, 0.5) is 10.8 Å². The lowest BCUT2D eigenvalue weighted by Crippen LogP contribution is -2.74. The third-order valence-corrected chi connectivity index (χ3v) is 7.64. The molecule has 3 rings (SSSR count). The molecule has 2 aromatic rings. The molecule has 1 aromatic heterocycles. The van der Waals surface area contributed by atoms with Crippen LogP contribution in [0.5, 0.6) is 0 Å². The van der Waals surface area contributed by atoms with E-state index in [0.29, 0.717) is 5.56 Å². The van der Waals surface area contributed by atoms with E-state index in [9.17, 15) is 47.1 Å². The van der Waals surface area contributed by atoms with E-state index in [1.165, 1.54) is 43.5 Å². The van der Waals surface area contributed by atoms with Crippen molar-refractivity contribution in [3.05, 3.63) is 51.0 Å². The molecule has 1 aromatic carbocycles. The Hall–Kier alpha value is -4.73. The van der Waals surface area contributed by atoms with E-state index in [0.717, 1.165) is 18.4 Å². The summed E-state index contributed by atoms with van der Waals surface area (Å²) in [6.45, 7) is 2.15. The van der Waals surface area contributed by atoms with Crippen LogP contribution in [0.3, 0.4) is 0 Å². The molecule has 0 radical (unpaired) electrons. The number of oxime groups is 1. The fraction of sp³-hybridized carbons (Fsp3) is 0.348. The van der Waals surface area contributed by atoms with Crippen LogP contribution in [0, 0.1) is 10.1 Å². The van der Waals surface area contributed by atoms with Gasteiger partial charge in [-0.2, -0.15) is 12.7 Å². The Labute approximate surface area is 262 Å². The molecule has 0 saturated carbocycles. The molecule has 0 spiro atoms. The van der Waals surface area contributed by atoms with Crippen LogP contribution in [0.25, 0.3) is 0 Å². The van der Waals surface area contributed by atoms with E-state index in [1.54, 1.807) is 0 Å². The van der Waals surface area contributed by atoms with Gasteiger partial charge in [-0.1, -0.05) is 5.16 Å². The van der Waals surface area contributed by atoms with Gasteiger partial charge in [-0.05, 0) is 31.5 Å². The Bertz CT molecular complexity index is 1660. The summed E-state index contributed by atoms with van der Waals surface area (Å²) in [4.78, 5) is 81.9. The first-order valence-corrected chi connectivity index (χ1v) is 15.0. The fourth-order valence-electron chi connectivity index (χ4n) is 3.45. The molecule has 2 heterocycles. The summed E-state index contributed by atoms with van der Waals surface area (Å²) < 4.78 is 42.0. The van der Waals surface area contributed by atoms with Crippen LogP contribution in [0.15, 0.2) is 34.8 Å². The first-order valence-electron chi connectivity index (χ1n) is 12.2. The number of rotatable bonds is 13. The maximum Gasteiger partial charge on any atom is 0.363 e. The lowest BCUT2D eigenvalue weighted by Gasteiger charge is -2.41. The highest BCUT2D eigenvalue weighted by Gasteiger charge is 2.58. The quantitative estimate of drug-likeness (QED) is 0.0480. The Morgan fingerprint density at radius 2 is 1.89 bits per heavy atom. The van der Waals surface area contributed by atoms with Gasteiger partial charge in [-0.3, -0.25) is 29.1 Å². The van der Waals surface area contributed by atoms with Gasteiger partial charge in [0.1, 0.15) is 24.2 Å². The normalized spacial score (nSPS) is 16.7. The minimum Gasteiger partial charge on any atom is -0.467 e. The first-order chi connectivity index (χ1) is 21.0. The van der Waals surface area contributed by atoms with Crippen LogP contribution < -0.4 is 10.6 Å². The molecule has 3 amide bonds. The van der Waals surface area contributed by atoms with Crippen molar-refractivity contribution in [3.63, 3.8) is 0 Å². The zero-order valence-corrected chi connectivity index (χ0v) is 25.7. The van der Waals surface area contributed by atoms with Crippen molar-refractivity contribution in [1.82, 2.24) is 14.6 Å². The molecule has 22 heteroatoms. The number of carbonyl (C=O) groups is 5. The van der Waals surface area contributed by atoms with E-state index in [-0.39, 0.29) is 27.4 Å². The number of anilines is 1. The number of hydrogen-bond donors (Lipinski definition) is 3. The number of non-ortho nitro benzene ring substituents is 1. The maximum absolute atomic E-state index is 13.3. The molecule has 0 aliphatic carbocycles. The minimum atomic E-state index is -5.21. The standard InChI is InChI=1S/C23H23ClN6O13S2/c1-23(2,21(35)42-9-11-4-6-12(7-5-11)30(36)37)43-28-15(13-10-44-22(25-13)26-14(31)8-24)18(32)27-16-17(20(34)41-3)29(19(16)33)45(38,39)40/h4-7,10,16-17H,8-9H2,1-3H3,(H,27,32)(H,25,26,31)(H,38,39,40)/b28-15-/t16-,17-/m1/s1. The van der Waals surface area contributed by atoms with Gasteiger partial charge in [-0.25, -0.2) is 14.6 Å². The van der Waals surface area contributed by atoms with Crippen LogP contribution in [0.2, 0.25) is 0 Å². The number of nitrogens with one attached hydrogen (secondary N) is 2. The van der Waals surface area contributed by atoms with Crippen LogP contribution in [0.1, 0.15) is 25.1 Å². The number of benzene rings is 1. The highest BCUT2D eigenvalue weighted by molar-refractivity contribution is 7.84. The monoisotopic (exact) mass is 690 g/mol. The summed E-state index contributed by atoms with van der Waals surface area (Å²) in [6, 6.07) is 1.36. The zero-order valence-electron chi connectivity index (χ0n) is 23.3. The number of ether oxygens (including phenoxy) is 2. The van der Waals surface area contributed by atoms with Gasteiger partial charge >= 0.3 is 22.2 Å². The van der Waals surface area contributed by atoms with Crippen molar-refractivity contribution in [2.24, 2.45) is 5.16 Å². The number of thiazole rings is 1. The van der Waals surface area contributed by atoms with E-state index in [4.69, 9.17) is 21.2 Å². The molecule has 242 valence electrons. The predicted molar refractivity (Wildman–Crippen MR) is 152 cm³/mol.